The van der Waals surface area contributed by atoms with Crippen LogP contribution in [0.15, 0.2) is 101 Å². The van der Waals surface area contributed by atoms with Crippen molar-refractivity contribution in [3.05, 3.63) is 102 Å². The molecule has 0 N–H and O–H groups in total. The predicted octanol–water partition coefficient (Wildman–Crippen LogP) is 7.43. The average Bonchev–Trinajstić information content (AvgIpc) is 3.23. The van der Waals surface area contributed by atoms with Crippen LogP contribution in [0.3, 0.4) is 0 Å². The van der Waals surface area contributed by atoms with E-state index in [1.165, 1.54) is 0 Å². The molecule has 0 saturated heterocycles. The minimum absolute atomic E-state index is 0.518. The van der Waals surface area contributed by atoms with Crippen molar-refractivity contribution in [3.8, 4) is 34.2 Å². The molecule has 0 aliphatic heterocycles. The lowest BCUT2D eigenvalue weighted by Crippen LogP contribution is -2.00. The highest BCUT2D eigenvalue weighted by Gasteiger charge is 2.18. The van der Waals surface area contributed by atoms with Crippen LogP contribution in [0.1, 0.15) is 0 Å². The van der Waals surface area contributed by atoms with E-state index in [1.54, 1.807) is 0 Å². The van der Waals surface area contributed by atoms with Gasteiger partial charge in [-0.15, -0.1) is 0 Å². The summed E-state index contributed by atoms with van der Waals surface area (Å²) in [6, 6.07) is 31.5. The third kappa shape index (κ3) is 3.22. The fourth-order valence-electron chi connectivity index (χ4n) is 3.89. The van der Waals surface area contributed by atoms with Crippen molar-refractivity contribution in [1.82, 2.24) is 15.0 Å². The molecule has 0 atom stereocenters. The molecule has 0 radical (unpaired) electrons. The number of benzene rings is 4. The van der Waals surface area contributed by atoms with Crippen molar-refractivity contribution >= 4 is 33.5 Å². The molecule has 4 nitrogen and oxygen atoms in total. The molecular weight excluding hydrogens is 418 g/mol. The van der Waals surface area contributed by atoms with Crippen LogP contribution < -0.4 is 0 Å². The van der Waals surface area contributed by atoms with Crippen LogP contribution in [0, 0.1) is 0 Å². The first-order chi connectivity index (χ1) is 15.8. The van der Waals surface area contributed by atoms with E-state index in [0.717, 1.165) is 33.0 Å². The second-order valence-electron chi connectivity index (χ2n) is 7.47. The molecule has 4 aromatic carbocycles. The quantitative estimate of drug-likeness (QED) is 0.291. The fourth-order valence-corrected chi connectivity index (χ4v) is 4.11. The molecule has 2 heterocycles. The highest BCUT2D eigenvalue weighted by atomic mass is 35.5. The minimum Gasteiger partial charge on any atom is -0.455 e. The second kappa shape index (κ2) is 7.59. The molecule has 6 aromatic rings. The number of aromatic nitrogens is 3. The SMILES string of the molecule is Clc1cc(-c2nc(-c3ccccc3)nc(-c3ccccc3)n2)c2oc3ccccc3c2c1. The van der Waals surface area contributed by atoms with Crippen LogP contribution in [-0.2, 0) is 0 Å². The largest absolute Gasteiger partial charge is 0.455 e. The first kappa shape index (κ1) is 18.7. The number of rotatable bonds is 3. The summed E-state index contributed by atoms with van der Waals surface area (Å²) in [7, 11) is 0. The van der Waals surface area contributed by atoms with Gasteiger partial charge in [-0.1, -0.05) is 90.5 Å². The summed E-state index contributed by atoms with van der Waals surface area (Å²) in [6.45, 7) is 0. The van der Waals surface area contributed by atoms with Gasteiger partial charge in [0.15, 0.2) is 17.5 Å². The normalized spacial score (nSPS) is 11.3. The van der Waals surface area contributed by atoms with Gasteiger partial charge in [0, 0.05) is 26.9 Å². The highest BCUT2D eigenvalue weighted by molar-refractivity contribution is 6.32. The summed E-state index contributed by atoms with van der Waals surface area (Å²) in [5, 5.41) is 2.54. The monoisotopic (exact) mass is 433 g/mol. The summed E-state index contributed by atoms with van der Waals surface area (Å²) in [5.74, 6) is 1.71. The van der Waals surface area contributed by atoms with E-state index in [2.05, 4.69) is 0 Å². The number of para-hydroxylation sites is 1. The Morgan fingerprint density at radius 1 is 0.562 bits per heavy atom. The molecule has 0 unspecified atom stereocenters. The lowest BCUT2D eigenvalue weighted by atomic mass is 10.1. The Morgan fingerprint density at radius 3 is 1.78 bits per heavy atom. The van der Waals surface area contributed by atoms with Gasteiger partial charge in [-0.25, -0.2) is 15.0 Å². The first-order valence-electron chi connectivity index (χ1n) is 10.2. The summed E-state index contributed by atoms with van der Waals surface area (Å²) in [4.78, 5) is 14.4. The van der Waals surface area contributed by atoms with Gasteiger partial charge in [0.25, 0.3) is 0 Å². The van der Waals surface area contributed by atoms with Gasteiger partial charge in [-0.2, -0.15) is 0 Å². The van der Waals surface area contributed by atoms with Gasteiger partial charge in [-0.05, 0) is 18.2 Å². The summed E-state index contributed by atoms with van der Waals surface area (Å²) >= 11 is 6.53. The van der Waals surface area contributed by atoms with Crippen molar-refractivity contribution in [3.63, 3.8) is 0 Å². The number of fused-ring (bicyclic) bond motifs is 3. The van der Waals surface area contributed by atoms with Gasteiger partial charge in [-0.3, -0.25) is 0 Å². The Hall–Kier alpha value is -4.02. The molecule has 0 amide bonds. The molecule has 0 spiro atoms. The highest BCUT2D eigenvalue weighted by Crippen LogP contribution is 2.37. The molecule has 32 heavy (non-hydrogen) atoms. The van der Waals surface area contributed by atoms with Crippen molar-refractivity contribution in [2.45, 2.75) is 0 Å². The van der Waals surface area contributed by atoms with Crippen LogP contribution in [0.2, 0.25) is 5.02 Å². The van der Waals surface area contributed by atoms with Gasteiger partial charge >= 0.3 is 0 Å². The maximum atomic E-state index is 6.53. The number of furan rings is 1. The second-order valence-corrected chi connectivity index (χ2v) is 7.90. The maximum Gasteiger partial charge on any atom is 0.167 e. The van der Waals surface area contributed by atoms with E-state index in [4.69, 9.17) is 31.0 Å². The number of nitrogens with zero attached hydrogens (tertiary/aromatic N) is 3. The summed E-state index contributed by atoms with van der Waals surface area (Å²) in [6.07, 6.45) is 0. The number of hydrogen-bond donors (Lipinski definition) is 0. The predicted molar refractivity (Wildman–Crippen MR) is 128 cm³/mol. The Morgan fingerprint density at radius 2 is 1.12 bits per heavy atom. The molecular formula is C27H16ClN3O. The van der Waals surface area contributed by atoms with Gasteiger partial charge < -0.3 is 4.42 Å². The zero-order valence-electron chi connectivity index (χ0n) is 16.9. The van der Waals surface area contributed by atoms with E-state index in [0.29, 0.717) is 28.1 Å². The smallest absolute Gasteiger partial charge is 0.167 e. The van der Waals surface area contributed by atoms with Gasteiger partial charge in [0.2, 0.25) is 0 Å². The Balaban J connectivity index is 1.66. The molecule has 0 saturated carbocycles. The first-order valence-corrected chi connectivity index (χ1v) is 10.6. The van der Waals surface area contributed by atoms with Crippen LogP contribution in [0.25, 0.3) is 56.1 Å². The molecule has 152 valence electrons. The van der Waals surface area contributed by atoms with E-state index in [1.807, 2.05) is 97.1 Å². The van der Waals surface area contributed by atoms with Crippen molar-refractivity contribution < 1.29 is 4.42 Å². The summed E-state index contributed by atoms with van der Waals surface area (Å²) < 4.78 is 6.23. The Labute approximate surface area is 189 Å². The zero-order chi connectivity index (χ0) is 21.5. The van der Waals surface area contributed by atoms with Gasteiger partial charge in [0.05, 0.1) is 5.56 Å². The van der Waals surface area contributed by atoms with Crippen molar-refractivity contribution in [1.29, 1.82) is 0 Å². The van der Waals surface area contributed by atoms with E-state index >= 15 is 0 Å². The lowest BCUT2D eigenvalue weighted by molar-refractivity contribution is 0.669. The van der Waals surface area contributed by atoms with E-state index < -0.39 is 0 Å². The van der Waals surface area contributed by atoms with Crippen LogP contribution >= 0.6 is 11.6 Å². The van der Waals surface area contributed by atoms with E-state index in [-0.39, 0.29) is 0 Å². The third-order valence-corrected chi connectivity index (χ3v) is 5.60. The average molecular weight is 434 g/mol. The van der Waals surface area contributed by atoms with Crippen molar-refractivity contribution in [2.75, 3.05) is 0 Å². The van der Waals surface area contributed by atoms with Crippen LogP contribution in [0.4, 0.5) is 0 Å². The topological polar surface area (TPSA) is 51.8 Å². The molecule has 0 fully saturated rings. The molecule has 0 bridgehead atoms. The molecule has 0 aliphatic rings. The fraction of sp³-hybridized carbons (Fsp3) is 0. The molecule has 5 heteroatoms. The molecule has 6 rings (SSSR count). The Bertz CT molecular complexity index is 1520. The van der Waals surface area contributed by atoms with Crippen molar-refractivity contribution in [2.24, 2.45) is 0 Å². The lowest BCUT2D eigenvalue weighted by Gasteiger charge is -2.09. The zero-order valence-corrected chi connectivity index (χ0v) is 17.6. The van der Waals surface area contributed by atoms with Gasteiger partial charge in [0.1, 0.15) is 11.2 Å². The molecule has 0 aliphatic carbocycles. The van der Waals surface area contributed by atoms with Crippen LogP contribution in [-0.4, -0.2) is 15.0 Å². The molecule has 2 aromatic heterocycles. The number of hydrogen-bond acceptors (Lipinski definition) is 4. The maximum absolute atomic E-state index is 6.53. The van der Waals surface area contributed by atoms with Crippen LogP contribution in [0.5, 0.6) is 0 Å². The number of halogens is 1. The third-order valence-electron chi connectivity index (χ3n) is 5.38. The summed E-state index contributed by atoms with van der Waals surface area (Å²) in [5.41, 5.74) is 4.07. The van der Waals surface area contributed by atoms with E-state index in [9.17, 15) is 0 Å². The standard InChI is InChI=1S/C27H16ClN3O/c28-19-15-21-20-13-7-8-14-23(20)32-24(21)22(16-19)27-30-25(17-9-3-1-4-10-17)29-26(31-27)18-11-5-2-6-12-18/h1-16H. The minimum atomic E-state index is 0.518. The Kier molecular flexibility index (Phi) is 4.44.